The number of fused-ring (bicyclic) bond motifs is 1. The summed E-state index contributed by atoms with van der Waals surface area (Å²) in [5, 5.41) is 0. The van der Waals surface area contributed by atoms with Crippen molar-refractivity contribution >= 4 is 6.21 Å². The van der Waals surface area contributed by atoms with Gasteiger partial charge in [-0.15, -0.1) is 0 Å². The molecule has 2 saturated heterocycles. The molecule has 0 aromatic heterocycles. The van der Waals surface area contributed by atoms with Crippen LogP contribution in [0.15, 0.2) is 52.1 Å². The van der Waals surface area contributed by atoms with E-state index in [1.54, 1.807) is 5.57 Å². The molecule has 6 aliphatic rings. The number of likely N-dealkylation sites (N-methyl/N-ethyl adjacent to an activating group) is 1. The minimum Gasteiger partial charge on any atom is -0.359 e. The van der Waals surface area contributed by atoms with Gasteiger partial charge in [0.2, 0.25) is 0 Å². The maximum absolute atomic E-state index is 7.52. The van der Waals surface area contributed by atoms with E-state index in [9.17, 15) is 0 Å². The van der Waals surface area contributed by atoms with Crippen molar-refractivity contribution in [2.45, 2.75) is 82.5 Å². The fraction of sp³-hybridized carbons (Fsp3) is 0.710. The molecule has 4 fully saturated rings. The van der Waals surface area contributed by atoms with Crippen molar-refractivity contribution in [3.63, 3.8) is 0 Å². The molecular formula is C31H45N3O. The zero-order valence-corrected chi connectivity index (χ0v) is 22.5. The monoisotopic (exact) mass is 475 g/mol. The molecule has 0 aromatic rings. The molecular weight excluding hydrogens is 430 g/mol. The van der Waals surface area contributed by atoms with Gasteiger partial charge in [0.1, 0.15) is 0 Å². The Bertz CT molecular complexity index is 1010. The lowest BCUT2D eigenvalue weighted by atomic mass is 9.58. The van der Waals surface area contributed by atoms with Gasteiger partial charge in [-0.2, -0.15) is 0 Å². The highest BCUT2D eigenvalue weighted by Crippen LogP contribution is 2.68. The lowest BCUT2D eigenvalue weighted by Gasteiger charge is -2.55. The first-order valence-corrected chi connectivity index (χ1v) is 14.1. The van der Waals surface area contributed by atoms with Crippen LogP contribution in [0.3, 0.4) is 0 Å². The summed E-state index contributed by atoms with van der Waals surface area (Å²) in [5.41, 5.74) is 5.84. The zero-order valence-electron chi connectivity index (χ0n) is 22.5. The second kappa shape index (κ2) is 8.53. The molecule has 0 amide bonds. The largest absolute Gasteiger partial charge is 0.359 e. The van der Waals surface area contributed by atoms with Crippen LogP contribution >= 0.6 is 0 Å². The predicted octanol–water partition coefficient (Wildman–Crippen LogP) is 5.58. The van der Waals surface area contributed by atoms with Crippen LogP contribution in [0.5, 0.6) is 0 Å². The fourth-order valence-corrected chi connectivity index (χ4v) is 9.23. The van der Waals surface area contributed by atoms with Crippen molar-refractivity contribution in [3.05, 3.63) is 47.1 Å². The molecule has 3 heterocycles. The molecule has 0 N–H and O–H groups in total. The van der Waals surface area contributed by atoms with Crippen LogP contribution in [-0.2, 0) is 4.74 Å². The molecule has 0 aromatic carbocycles. The number of rotatable bonds is 4. The third-order valence-electron chi connectivity index (χ3n) is 11.0. The van der Waals surface area contributed by atoms with E-state index in [1.807, 2.05) is 13.3 Å². The highest BCUT2D eigenvalue weighted by molar-refractivity contribution is 5.81. The molecule has 3 aliphatic carbocycles. The molecule has 2 saturated carbocycles. The van der Waals surface area contributed by atoms with Gasteiger partial charge in [-0.3, -0.25) is 9.89 Å². The average Bonchev–Trinajstić information content (AvgIpc) is 3.34. The van der Waals surface area contributed by atoms with E-state index in [0.717, 1.165) is 5.57 Å². The lowest BCUT2D eigenvalue weighted by Crippen LogP contribution is -2.57. The Labute approximate surface area is 212 Å². The van der Waals surface area contributed by atoms with Crippen LogP contribution in [0.1, 0.15) is 65.2 Å². The van der Waals surface area contributed by atoms with E-state index in [1.165, 1.54) is 88.7 Å². The summed E-state index contributed by atoms with van der Waals surface area (Å²) in [4.78, 5) is 9.42. The molecule has 4 nitrogen and oxygen atoms in total. The van der Waals surface area contributed by atoms with E-state index in [4.69, 9.17) is 4.74 Å². The highest BCUT2D eigenvalue weighted by atomic mass is 16.5. The second-order valence-electron chi connectivity index (χ2n) is 12.8. The van der Waals surface area contributed by atoms with Gasteiger partial charge in [0.25, 0.3) is 0 Å². The summed E-state index contributed by atoms with van der Waals surface area (Å²) < 4.78 is 7.52. The van der Waals surface area contributed by atoms with E-state index < -0.39 is 0 Å². The number of hydrogen-bond donors (Lipinski definition) is 0. The zero-order chi connectivity index (χ0) is 24.4. The first-order chi connectivity index (χ1) is 16.8. The lowest BCUT2D eigenvalue weighted by molar-refractivity contribution is -0.143. The Morgan fingerprint density at radius 3 is 2.74 bits per heavy atom. The van der Waals surface area contributed by atoms with E-state index in [0.29, 0.717) is 17.9 Å². The highest BCUT2D eigenvalue weighted by Gasteiger charge is 2.66. The standard InChI is InChI=1S/C31H45N3O/c1-22(21-32-4)18-23(2)27-8-9-28-29(27,3)11-10-25-19-24-6-7-26(34-16-14-33(5)15-17-34)20-30(24)12-13-31(25,28)35-30/h10,18-19,21,26-28H,1,6-9,11-17,20H2,2-5H3/b23-18+,32-21?/t26?,27?,28-,29?,30-,31-/m1/s1. The summed E-state index contributed by atoms with van der Waals surface area (Å²) >= 11 is 0. The summed E-state index contributed by atoms with van der Waals surface area (Å²) in [6, 6.07) is 0.684. The molecule has 2 bridgehead atoms. The van der Waals surface area contributed by atoms with Crippen LogP contribution in [0.2, 0.25) is 0 Å². The Morgan fingerprint density at radius 2 is 1.97 bits per heavy atom. The van der Waals surface area contributed by atoms with Crippen LogP contribution in [-0.4, -0.2) is 73.5 Å². The topological polar surface area (TPSA) is 28.1 Å². The van der Waals surface area contributed by atoms with Gasteiger partial charge in [-0.25, -0.2) is 0 Å². The molecule has 3 unspecified atom stereocenters. The van der Waals surface area contributed by atoms with Gasteiger partial charge >= 0.3 is 0 Å². The van der Waals surface area contributed by atoms with E-state index in [-0.39, 0.29) is 16.6 Å². The molecule has 6 rings (SSSR count). The van der Waals surface area contributed by atoms with E-state index in [2.05, 4.69) is 60.5 Å². The minimum absolute atomic E-state index is 0.00327. The van der Waals surface area contributed by atoms with Crippen molar-refractivity contribution in [2.24, 2.45) is 22.2 Å². The van der Waals surface area contributed by atoms with Crippen LogP contribution in [0.4, 0.5) is 0 Å². The smallest absolute Gasteiger partial charge is 0.0974 e. The molecule has 4 heteroatoms. The number of ether oxygens (including phenoxy) is 1. The quantitative estimate of drug-likeness (QED) is 0.392. The van der Waals surface area contributed by atoms with Crippen LogP contribution in [0, 0.1) is 17.3 Å². The van der Waals surface area contributed by atoms with Gasteiger partial charge in [-0.1, -0.05) is 37.3 Å². The minimum atomic E-state index is -0.0581. The van der Waals surface area contributed by atoms with Gasteiger partial charge < -0.3 is 9.64 Å². The van der Waals surface area contributed by atoms with Crippen LogP contribution < -0.4 is 0 Å². The van der Waals surface area contributed by atoms with Crippen molar-refractivity contribution in [1.29, 1.82) is 0 Å². The summed E-state index contributed by atoms with van der Waals surface area (Å²) in [6.45, 7) is 13.9. The summed E-state index contributed by atoms with van der Waals surface area (Å²) in [7, 11) is 4.08. The molecule has 190 valence electrons. The third kappa shape index (κ3) is 3.61. The normalized spacial score (nSPS) is 44.0. The predicted molar refractivity (Wildman–Crippen MR) is 145 cm³/mol. The number of aliphatic imine (C=N–C) groups is 1. The van der Waals surface area contributed by atoms with Crippen molar-refractivity contribution in [2.75, 3.05) is 40.3 Å². The van der Waals surface area contributed by atoms with Crippen molar-refractivity contribution < 1.29 is 4.74 Å². The van der Waals surface area contributed by atoms with Gasteiger partial charge in [0.05, 0.1) is 11.2 Å². The van der Waals surface area contributed by atoms with Crippen molar-refractivity contribution in [1.82, 2.24) is 9.80 Å². The Balaban J connectivity index is 1.28. The number of allylic oxidation sites excluding steroid dienone is 4. The number of piperazine rings is 1. The average molecular weight is 476 g/mol. The number of nitrogens with zero attached hydrogens (tertiary/aromatic N) is 3. The molecule has 35 heavy (non-hydrogen) atoms. The molecule has 3 aliphatic heterocycles. The van der Waals surface area contributed by atoms with Crippen molar-refractivity contribution in [3.8, 4) is 0 Å². The Morgan fingerprint density at radius 1 is 1.17 bits per heavy atom. The number of hydrogen-bond acceptors (Lipinski definition) is 4. The fourth-order valence-electron chi connectivity index (χ4n) is 9.23. The Kier molecular flexibility index (Phi) is 5.82. The second-order valence-corrected chi connectivity index (χ2v) is 12.8. The first-order valence-electron chi connectivity index (χ1n) is 14.1. The van der Waals surface area contributed by atoms with Gasteiger partial charge in [0, 0.05) is 45.5 Å². The molecule has 6 atom stereocenters. The van der Waals surface area contributed by atoms with E-state index >= 15 is 0 Å². The molecule has 2 spiro atoms. The molecule has 0 radical (unpaired) electrons. The Hall–Kier alpha value is -1.49. The maximum Gasteiger partial charge on any atom is 0.0974 e. The van der Waals surface area contributed by atoms with Gasteiger partial charge in [0.15, 0.2) is 0 Å². The third-order valence-corrected chi connectivity index (χ3v) is 11.0. The summed E-state index contributed by atoms with van der Waals surface area (Å²) in [5.74, 6) is 1.20. The summed E-state index contributed by atoms with van der Waals surface area (Å²) in [6.07, 6.45) is 19.2. The van der Waals surface area contributed by atoms with Crippen LogP contribution in [0.25, 0.3) is 0 Å². The van der Waals surface area contributed by atoms with Gasteiger partial charge in [-0.05, 0) is 99.3 Å². The SMILES string of the molecule is C=C(C=NC)/C=C(\C)C1CC[C@@H]2C1(C)CC=C1C=C3CCC(N4CCN(C)CC4)C[C@]34CC[C@@]12O4. The first kappa shape index (κ1) is 23.9. The maximum atomic E-state index is 7.52.